The van der Waals surface area contributed by atoms with Crippen LogP contribution in [-0.4, -0.2) is 38.3 Å². The minimum atomic E-state index is -5.22. The molecule has 0 saturated heterocycles. The number of hydrogen-bond donors (Lipinski definition) is 1. The van der Waals surface area contributed by atoms with Gasteiger partial charge in [-0.2, -0.15) is 26.3 Å². The lowest BCUT2D eigenvalue weighted by atomic mass is 10.0. The zero-order valence-corrected chi connectivity index (χ0v) is 23.1. The summed E-state index contributed by atoms with van der Waals surface area (Å²) in [5.74, 6) is -4.53. The molecule has 0 bridgehead atoms. The van der Waals surface area contributed by atoms with Crippen molar-refractivity contribution in [2.75, 3.05) is 15.7 Å². The highest BCUT2D eigenvalue weighted by atomic mass is 32.2. The van der Waals surface area contributed by atoms with E-state index in [-0.39, 0.29) is 17.4 Å². The number of alkyl halides is 9. The molecule has 0 aliphatic heterocycles. The molecule has 1 amide bonds. The Morgan fingerprint density at radius 1 is 0.800 bits per heavy atom. The fourth-order valence-corrected chi connectivity index (χ4v) is 5.32. The molecule has 0 spiro atoms. The van der Waals surface area contributed by atoms with Gasteiger partial charge in [-0.15, -0.1) is 19.8 Å². The maximum absolute atomic E-state index is 13.3. The molecule has 8 nitrogen and oxygen atoms in total. The van der Waals surface area contributed by atoms with Gasteiger partial charge in [-0.3, -0.25) is 14.0 Å². The smallest absolute Gasteiger partial charge is 0.474 e. The maximum atomic E-state index is 13.3. The first kappa shape index (κ1) is 34.7. The van der Waals surface area contributed by atoms with Crippen LogP contribution in [0.25, 0.3) is 0 Å². The first-order valence-electron chi connectivity index (χ1n) is 12.1. The first-order valence-corrected chi connectivity index (χ1v) is 13.5. The lowest BCUT2D eigenvalue weighted by Gasteiger charge is -2.25. The van der Waals surface area contributed by atoms with Crippen molar-refractivity contribution in [3.63, 3.8) is 0 Å². The van der Waals surface area contributed by atoms with Gasteiger partial charge in [-0.05, 0) is 72.3 Å². The summed E-state index contributed by atoms with van der Waals surface area (Å²) in [6, 6.07) is 7.72. The van der Waals surface area contributed by atoms with Crippen molar-refractivity contribution in [1.29, 1.82) is 0 Å². The molecule has 0 fully saturated rings. The monoisotopic (exact) mass is 670 g/mol. The van der Waals surface area contributed by atoms with Crippen molar-refractivity contribution in [3.8, 4) is 5.75 Å². The van der Waals surface area contributed by atoms with Crippen molar-refractivity contribution < 1.29 is 67.4 Å². The highest BCUT2D eigenvalue weighted by Crippen LogP contribution is 2.37. The Labute approximate surface area is 248 Å². The van der Waals surface area contributed by atoms with Crippen LogP contribution in [-0.2, 0) is 38.5 Å². The van der Waals surface area contributed by atoms with Crippen LogP contribution in [0.2, 0.25) is 0 Å². The van der Waals surface area contributed by atoms with E-state index in [0.717, 1.165) is 58.9 Å². The van der Waals surface area contributed by atoms with Gasteiger partial charge >= 0.3 is 30.6 Å². The molecule has 0 aromatic heterocycles. The first-order chi connectivity index (χ1) is 20.6. The predicted octanol–water partition coefficient (Wildman–Crippen LogP) is 6.62. The van der Waals surface area contributed by atoms with Gasteiger partial charge in [-0.25, -0.2) is 13.2 Å². The quantitative estimate of drug-likeness (QED) is 0.156. The normalized spacial score (nSPS) is 12.4. The van der Waals surface area contributed by atoms with Crippen molar-refractivity contribution in [2.24, 2.45) is 0 Å². The predicted molar refractivity (Wildman–Crippen MR) is 140 cm³/mol. The lowest BCUT2D eigenvalue weighted by molar-refractivity contribution is -0.274. The molecule has 242 valence electrons. The number of rotatable bonds is 9. The molecule has 18 heteroatoms. The summed E-state index contributed by atoms with van der Waals surface area (Å²) in [7, 11) is -4.49. The van der Waals surface area contributed by atoms with Crippen LogP contribution >= 0.6 is 0 Å². The average molecular weight is 671 g/mol. The fourth-order valence-electron chi connectivity index (χ4n) is 3.89. The van der Waals surface area contributed by atoms with Crippen LogP contribution < -0.4 is 13.9 Å². The van der Waals surface area contributed by atoms with Gasteiger partial charge in [0.1, 0.15) is 5.75 Å². The topological polar surface area (TPSA) is 104 Å². The van der Waals surface area contributed by atoms with Crippen LogP contribution in [0.15, 0.2) is 84.3 Å². The van der Waals surface area contributed by atoms with Crippen molar-refractivity contribution >= 4 is 33.3 Å². The molecule has 0 unspecified atom stereocenters. The fraction of sp³-hybridized carbons (Fsp3) is 0.185. The Morgan fingerprint density at radius 2 is 1.29 bits per heavy atom. The van der Waals surface area contributed by atoms with E-state index in [0.29, 0.717) is 17.0 Å². The molecule has 0 aliphatic carbocycles. The van der Waals surface area contributed by atoms with Crippen molar-refractivity contribution in [1.82, 2.24) is 0 Å². The van der Waals surface area contributed by atoms with Crippen molar-refractivity contribution in [2.45, 2.75) is 30.2 Å². The van der Waals surface area contributed by atoms with Crippen LogP contribution in [0.3, 0.4) is 0 Å². The van der Waals surface area contributed by atoms with E-state index in [4.69, 9.17) is 0 Å². The highest BCUT2D eigenvalue weighted by molar-refractivity contribution is 7.92. The summed E-state index contributed by atoms with van der Waals surface area (Å²) in [5.41, 5.74) is -4.61. The van der Waals surface area contributed by atoms with Crippen LogP contribution in [0.4, 0.5) is 50.9 Å². The van der Waals surface area contributed by atoms with Crippen LogP contribution in [0.1, 0.15) is 16.7 Å². The number of amides is 1. The number of carbonyl (C=O) groups excluding carboxylic acids is 1. The molecule has 1 N–H and O–H groups in total. The molecule has 3 aromatic carbocycles. The van der Waals surface area contributed by atoms with E-state index in [9.17, 15) is 62.6 Å². The summed E-state index contributed by atoms with van der Waals surface area (Å²) in [6.45, 7) is 1.99. The summed E-state index contributed by atoms with van der Waals surface area (Å²) in [6.07, 6.45) is -14.3. The Hall–Kier alpha value is -4.74. The van der Waals surface area contributed by atoms with E-state index in [1.807, 2.05) is 0 Å². The molecule has 0 heterocycles. The van der Waals surface area contributed by atoms with E-state index in [1.165, 1.54) is 0 Å². The van der Waals surface area contributed by atoms with Gasteiger partial charge in [0, 0.05) is 5.69 Å². The Balaban J connectivity index is 2.01. The molecular formula is C27H19F9N2O6S. The Bertz CT molecular complexity index is 1640. The molecule has 3 rings (SSSR count). The third-order valence-corrected chi connectivity index (χ3v) is 7.61. The number of halogens is 9. The van der Waals surface area contributed by atoms with Crippen LogP contribution in [0.5, 0.6) is 5.75 Å². The number of carboxylic acid groups (broad SMARTS) is 1. The van der Waals surface area contributed by atoms with E-state index in [2.05, 4.69) is 11.3 Å². The summed E-state index contributed by atoms with van der Waals surface area (Å²) in [5, 5.41) is 9.27. The molecule has 0 radical (unpaired) electrons. The second-order valence-electron chi connectivity index (χ2n) is 8.97. The van der Waals surface area contributed by atoms with Gasteiger partial charge in [0.2, 0.25) is 0 Å². The van der Waals surface area contributed by atoms with Crippen molar-refractivity contribution in [3.05, 3.63) is 96.1 Å². The van der Waals surface area contributed by atoms with Gasteiger partial charge in [-0.1, -0.05) is 6.08 Å². The zero-order chi connectivity index (χ0) is 34.0. The zero-order valence-electron chi connectivity index (χ0n) is 22.2. The van der Waals surface area contributed by atoms with E-state index >= 15 is 0 Å². The standard InChI is InChI=1S/C27H19F9N2O6S/c1-2-11-38(45(42,43)22-9-7-21(8-10-22)44-27(34,35)36)20-5-3-19(4-6-20)37(23(39)24(40)41)15-16-12-17(25(28,29)30)14-18(13-16)26(31,32)33/h2-10,12-14H,1,11,15H2,(H,40,41). The molecule has 0 saturated carbocycles. The van der Waals surface area contributed by atoms with Gasteiger partial charge in [0.05, 0.1) is 34.8 Å². The number of carbonyl (C=O) groups is 2. The Morgan fingerprint density at radius 3 is 1.71 bits per heavy atom. The minimum Gasteiger partial charge on any atom is -0.474 e. The molecule has 3 aromatic rings. The summed E-state index contributed by atoms with van der Waals surface area (Å²) >= 11 is 0. The summed E-state index contributed by atoms with van der Waals surface area (Å²) < 4.78 is 148. The Kier molecular flexibility index (Phi) is 9.81. The average Bonchev–Trinajstić information content (AvgIpc) is 2.92. The molecular weight excluding hydrogens is 651 g/mol. The number of ether oxygens (including phenoxy) is 1. The van der Waals surface area contributed by atoms with Gasteiger partial charge < -0.3 is 9.84 Å². The van der Waals surface area contributed by atoms with E-state index < -0.39 is 81.0 Å². The number of nitrogens with zero attached hydrogens (tertiary/aromatic N) is 2. The van der Waals surface area contributed by atoms with Crippen LogP contribution in [0, 0.1) is 0 Å². The number of benzene rings is 3. The number of hydrogen-bond acceptors (Lipinski definition) is 5. The second-order valence-corrected chi connectivity index (χ2v) is 10.8. The summed E-state index contributed by atoms with van der Waals surface area (Å²) in [4.78, 5) is 23.9. The molecule has 0 atom stereocenters. The molecule has 0 aliphatic rings. The molecule has 45 heavy (non-hydrogen) atoms. The number of carboxylic acids is 1. The van der Waals surface area contributed by atoms with E-state index in [1.54, 1.807) is 0 Å². The number of sulfonamides is 1. The lowest BCUT2D eigenvalue weighted by Crippen LogP contribution is -2.36. The SMILES string of the molecule is C=CCN(c1ccc(N(Cc2cc(C(F)(F)F)cc(C(F)(F)F)c2)C(=O)C(=O)O)cc1)S(=O)(=O)c1ccc(OC(F)(F)F)cc1. The third-order valence-electron chi connectivity index (χ3n) is 5.81. The highest BCUT2D eigenvalue weighted by Gasteiger charge is 2.37. The number of aliphatic carboxylic acids is 1. The largest absolute Gasteiger partial charge is 0.573 e. The minimum absolute atomic E-state index is 0.143. The third kappa shape index (κ3) is 8.68. The van der Waals surface area contributed by atoms with Gasteiger partial charge in [0.25, 0.3) is 10.0 Å². The second kappa shape index (κ2) is 12.7. The maximum Gasteiger partial charge on any atom is 0.573 e. The number of anilines is 2. The van der Waals surface area contributed by atoms with Gasteiger partial charge in [0.15, 0.2) is 0 Å².